The van der Waals surface area contributed by atoms with Crippen molar-refractivity contribution >= 4 is 11.8 Å². The van der Waals surface area contributed by atoms with E-state index in [-0.39, 0.29) is 5.03 Å². The molecule has 0 aliphatic carbocycles. The van der Waals surface area contributed by atoms with Crippen molar-refractivity contribution in [3.8, 4) is 0 Å². The molecule has 2 nitrogen and oxygen atoms in total. The highest BCUT2D eigenvalue weighted by molar-refractivity contribution is 7.99. The standard InChI is InChI=1S/C11H7F3N2S/c12-11(13,14)9-6-15-7-16-10(9)17-8-4-2-1-3-5-8/h1-7H. The van der Waals surface area contributed by atoms with Crippen molar-refractivity contribution in [2.75, 3.05) is 0 Å². The van der Waals surface area contributed by atoms with Gasteiger partial charge in [0.15, 0.2) is 0 Å². The van der Waals surface area contributed by atoms with Crippen LogP contribution in [-0.2, 0) is 6.18 Å². The van der Waals surface area contributed by atoms with Gasteiger partial charge in [-0.15, -0.1) is 0 Å². The van der Waals surface area contributed by atoms with Crippen molar-refractivity contribution in [2.24, 2.45) is 0 Å². The van der Waals surface area contributed by atoms with Gasteiger partial charge in [0.25, 0.3) is 0 Å². The Morgan fingerprint density at radius 1 is 1.06 bits per heavy atom. The summed E-state index contributed by atoms with van der Waals surface area (Å²) in [6, 6.07) is 8.78. The van der Waals surface area contributed by atoms with E-state index < -0.39 is 11.7 Å². The Labute approximate surface area is 99.9 Å². The zero-order chi connectivity index (χ0) is 12.3. The number of aromatic nitrogens is 2. The van der Waals surface area contributed by atoms with Gasteiger partial charge in [0.2, 0.25) is 0 Å². The van der Waals surface area contributed by atoms with E-state index in [1.165, 1.54) is 0 Å². The van der Waals surface area contributed by atoms with E-state index in [2.05, 4.69) is 9.97 Å². The third-order valence-corrected chi connectivity index (χ3v) is 2.97. The van der Waals surface area contributed by atoms with Crippen LogP contribution in [0.15, 0.2) is 52.8 Å². The first-order chi connectivity index (χ1) is 8.07. The van der Waals surface area contributed by atoms with Crippen molar-refractivity contribution < 1.29 is 13.2 Å². The van der Waals surface area contributed by atoms with E-state index in [0.717, 1.165) is 24.3 Å². The largest absolute Gasteiger partial charge is 0.420 e. The topological polar surface area (TPSA) is 25.8 Å². The van der Waals surface area contributed by atoms with Crippen LogP contribution in [-0.4, -0.2) is 9.97 Å². The van der Waals surface area contributed by atoms with Crippen LogP contribution in [0, 0.1) is 0 Å². The highest BCUT2D eigenvalue weighted by Gasteiger charge is 2.34. The van der Waals surface area contributed by atoms with Gasteiger partial charge in [-0.25, -0.2) is 9.97 Å². The van der Waals surface area contributed by atoms with Crippen molar-refractivity contribution in [3.05, 3.63) is 48.4 Å². The van der Waals surface area contributed by atoms with Gasteiger partial charge in [0, 0.05) is 11.1 Å². The molecular weight excluding hydrogens is 249 g/mol. The normalized spacial score (nSPS) is 11.5. The molecule has 2 rings (SSSR count). The molecule has 0 aliphatic rings. The first kappa shape index (κ1) is 11.9. The summed E-state index contributed by atoms with van der Waals surface area (Å²) in [7, 11) is 0. The predicted molar refractivity (Wildman–Crippen MR) is 57.6 cm³/mol. The van der Waals surface area contributed by atoms with Gasteiger partial charge in [0.05, 0.1) is 0 Å². The highest BCUT2D eigenvalue weighted by Crippen LogP contribution is 2.37. The van der Waals surface area contributed by atoms with E-state index in [4.69, 9.17) is 0 Å². The third-order valence-electron chi connectivity index (χ3n) is 1.94. The number of benzene rings is 1. The fraction of sp³-hybridized carbons (Fsp3) is 0.0909. The van der Waals surface area contributed by atoms with E-state index in [0.29, 0.717) is 4.90 Å². The summed E-state index contributed by atoms with van der Waals surface area (Å²) in [4.78, 5) is 7.79. The van der Waals surface area contributed by atoms with Crippen LogP contribution in [0.5, 0.6) is 0 Å². The van der Waals surface area contributed by atoms with Crippen LogP contribution in [0.4, 0.5) is 13.2 Å². The Bertz CT molecular complexity index is 500. The molecule has 0 spiro atoms. The maximum absolute atomic E-state index is 12.7. The molecule has 0 fully saturated rings. The lowest BCUT2D eigenvalue weighted by molar-refractivity contribution is -0.140. The van der Waals surface area contributed by atoms with Gasteiger partial charge in [0.1, 0.15) is 16.9 Å². The quantitative estimate of drug-likeness (QED) is 0.767. The van der Waals surface area contributed by atoms with Crippen molar-refractivity contribution in [2.45, 2.75) is 16.1 Å². The van der Waals surface area contributed by atoms with Crippen molar-refractivity contribution in [1.82, 2.24) is 9.97 Å². The average molecular weight is 256 g/mol. The molecule has 0 bridgehead atoms. The van der Waals surface area contributed by atoms with Gasteiger partial charge < -0.3 is 0 Å². The molecule has 0 saturated carbocycles. The molecule has 1 heterocycles. The molecule has 17 heavy (non-hydrogen) atoms. The van der Waals surface area contributed by atoms with Crippen LogP contribution in [0.2, 0.25) is 0 Å². The maximum Gasteiger partial charge on any atom is 0.420 e. The molecule has 6 heteroatoms. The second-order valence-electron chi connectivity index (χ2n) is 3.15. The van der Waals surface area contributed by atoms with Crippen LogP contribution >= 0.6 is 11.8 Å². The molecule has 0 atom stereocenters. The minimum absolute atomic E-state index is 0.0845. The molecule has 88 valence electrons. The van der Waals surface area contributed by atoms with E-state index in [1.807, 2.05) is 0 Å². The Kier molecular flexibility index (Phi) is 3.33. The minimum Gasteiger partial charge on any atom is -0.244 e. The van der Waals surface area contributed by atoms with E-state index in [1.54, 1.807) is 30.3 Å². The molecular formula is C11H7F3N2S. The second kappa shape index (κ2) is 4.75. The lowest BCUT2D eigenvalue weighted by Crippen LogP contribution is -2.08. The summed E-state index contributed by atoms with van der Waals surface area (Å²) in [5, 5.41) is -0.0845. The van der Waals surface area contributed by atoms with Gasteiger partial charge in [-0.1, -0.05) is 30.0 Å². The monoisotopic (exact) mass is 256 g/mol. The average Bonchev–Trinajstić information content (AvgIpc) is 2.30. The van der Waals surface area contributed by atoms with Crippen LogP contribution in [0.1, 0.15) is 5.56 Å². The molecule has 0 radical (unpaired) electrons. The molecule has 0 unspecified atom stereocenters. The van der Waals surface area contributed by atoms with E-state index in [9.17, 15) is 13.2 Å². The molecule has 0 aliphatic heterocycles. The van der Waals surface area contributed by atoms with Crippen LogP contribution in [0.25, 0.3) is 0 Å². The Morgan fingerprint density at radius 2 is 1.76 bits per heavy atom. The first-order valence-electron chi connectivity index (χ1n) is 4.67. The third kappa shape index (κ3) is 2.97. The Balaban J connectivity index is 2.34. The lowest BCUT2D eigenvalue weighted by Gasteiger charge is -2.09. The van der Waals surface area contributed by atoms with Gasteiger partial charge in [-0.05, 0) is 12.1 Å². The van der Waals surface area contributed by atoms with Crippen molar-refractivity contribution in [1.29, 1.82) is 0 Å². The zero-order valence-corrected chi connectivity index (χ0v) is 9.29. The predicted octanol–water partition coefficient (Wildman–Crippen LogP) is 3.65. The number of nitrogens with zero attached hydrogens (tertiary/aromatic N) is 2. The van der Waals surface area contributed by atoms with Gasteiger partial charge in [-0.3, -0.25) is 0 Å². The van der Waals surface area contributed by atoms with Crippen LogP contribution in [0.3, 0.4) is 0 Å². The zero-order valence-electron chi connectivity index (χ0n) is 8.48. The fourth-order valence-electron chi connectivity index (χ4n) is 1.19. The minimum atomic E-state index is -4.43. The first-order valence-corrected chi connectivity index (χ1v) is 5.49. The summed E-state index contributed by atoms with van der Waals surface area (Å²) in [6.45, 7) is 0. The number of rotatable bonds is 2. The highest BCUT2D eigenvalue weighted by atomic mass is 32.2. The smallest absolute Gasteiger partial charge is 0.244 e. The molecule has 1 aromatic carbocycles. The number of halogens is 3. The number of alkyl halides is 3. The Morgan fingerprint density at radius 3 is 2.41 bits per heavy atom. The number of hydrogen-bond acceptors (Lipinski definition) is 3. The molecule has 0 N–H and O–H groups in total. The Hall–Kier alpha value is -1.56. The second-order valence-corrected chi connectivity index (χ2v) is 4.22. The number of hydrogen-bond donors (Lipinski definition) is 0. The summed E-state index contributed by atoms with van der Waals surface area (Å²) >= 11 is 0.970. The molecule has 1 aromatic heterocycles. The van der Waals surface area contributed by atoms with Crippen LogP contribution < -0.4 is 0 Å². The SMILES string of the molecule is FC(F)(F)c1cncnc1Sc1ccccc1. The van der Waals surface area contributed by atoms with E-state index >= 15 is 0 Å². The van der Waals surface area contributed by atoms with Crippen molar-refractivity contribution in [3.63, 3.8) is 0 Å². The van der Waals surface area contributed by atoms with Gasteiger partial charge >= 0.3 is 6.18 Å². The molecule has 0 amide bonds. The molecule has 0 saturated heterocycles. The summed E-state index contributed by atoms with van der Waals surface area (Å²) in [5.41, 5.74) is -0.811. The lowest BCUT2D eigenvalue weighted by atomic mass is 10.3. The summed E-state index contributed by atoms with van der Waals surface area (Å²) < 4.78 is 38.0. The fourth-order valence-corrected chi connectivity index (χ4v) is 2.09. The maximum atomic E-state index is 12.7. The van der Waals surface area contributed by atoms with Gasteiger partial charge in [-0.2, -0.15) is 13.2 Å². The molecule has 2 aromatic rings. The summed E-state index contributed by atoms with van der Waals surface area (Å²) in [5.74, 6) is 0. The summed E-state index contributed by atoms with van der Waals surface area (Å²) in [6.07, 6.45) is -2.53.